The number of hydrogen-bond donors (Lipinski definition) is 1. The van der Waals surface area contributed by atoms with Crippen LogP contribution in [0.2, 0.25) is 0 Å². The maximum Gasteiger partial charge on any atom is 0.163 e. The van der Waals surface area contributed by atoms with Crippen molar-refractivity contribution in [3.05, 3.63) is 0 Å². The molecule has 1 saturated heterocycles. The van der Waals surface area contributed by atoms with Crippen LogP contribution in [0.4, 0.5) is 0 Å². The Morgan fingerprint density at radius 1 is 1.73 bits per heavy atom. The molecule has 0 bridgehead atoms. The molecule has 0 radical (unpaired) electrons. The van der Waals surface area contributed by atoms with Crippen molar-refractivity contribution in [2.24, 2.45) is 0 Å². The first-order valence-electron chi connectivity index (χ1n) is 3.51. The summed E-state index contributed by atoms with van der Waals surface area (Å²) in [5.74, 6) is 1.59. The maximum atomic E-state index is 9.15. The van der Waals surface area contributed by atoms with Crippen LogP contribution >= 0.6 is 0 Å². The van der Waals surface area contributed by atoms with Gasteiger partial charge in [-0.05, 0) is 13.8 Å². The smallest absolute Gasteiger partial charge is 0.163 e. The molecule has 1 aliphatic heterocycles. The molecule has 0 aromatic heterocycles. The van der Waals surface area contributed by atoms with E-state index in [2.05, 4.69) is 5.92 Å². The molecule has 1 rings (SSSR count). The number of terminal acetylenes is 1. The van der Waals surface area contributed by atoms with E-state index < -0.39 is 11.9 Å². The van der Waals surface area contributed by atoms with Crippen LogP contribution in [0, 0.1) is 12.3 Å². The highest BCUT2D eigenvalue weighted by Gasteiger charge is 2.35. The topological polar surface area (TPSA) is 38.7 Å². The first-order valence-corrected chi connectivity index (χ1v) is 3.51. The number of hydrogen-bond acceptors (Lipinski definition) is 3. The Morgan fingerprint density at radius 2 is 2.36 bits per heavy atom. The zero-order valence-electron chi connectivity index (χ0n) is 6.70. The van der Waals surface area contributed by atoms with Gasteiger partial charge in [-0.3, -0.25) is 0 Å². The first-order chi connectivity index (χ1) is 5.05. The largest absolute Gasteiger partial charge is 0.378 e. The quantitative estimate of drug-likeness (QED) is 0.548. The van der Waals surface area contributed by atoms with E-state index in [1.165, 1.54) is 0 Å². The Kier molecular flexibility index (Phi) is 2.19. The van der Waals surface area contributed by atoms with Gasteiger partial charge in [-0.15, -0.1) is 6.42 Å². The van der Waals surface area contributed by atoms with E-state index in [0.29, 0.717) is 6.61 Å². The molecule has 1 N–H and O–H groups in total. The van der Waals surface area contributed by atoms with E-state index in [0.717, 1.165) is 0 Å². The molecular formula is C8H12O3. The molecular weight excluding hydrogens is 144 g/mol. The molecule has 0 spiro atoms. The monoisotopic (exact) mass is 156 g/mol. The number of ether oxygens (including phenoxy) is 2. The van der Waals surface area contributed by atoms with Gasteiger partial charge in [-0.25, -0.2) is 0 Å². The van der Waals surface area contributed by atoms with E-state index in [4.69, 9.17) is 21.0 Å². The molecule has 0 amide bonds. The molecule has 1 fully saturated rings. The lowest BCUT2D eigenvalue weighted by molar-refractivity contribution is -0.146. The maximum absolute atomic E-state index is 9.15. The van der Waals surface area contributed by atoms with Gasteiger partial charge < -0.3 is 14.6 Å². The molecule has 3 nitrogen and oxygen atoms in total. The van der Waals surface area contributed by atoms with Gasteiger partial charge in [0.1, 0.15) is 12.2 Å². The molecule has 0 saturated carbocycles. The van der Waals surface area contributed by atoms with Crippen molar-refractivity contribution in [1.82, 2.24) is 0 Å². The zero-order valence-corrected chi connectivity index (χ0v) is 6.70. The van der Waals surface area contributed by atoms with Crippen LogP contribution < -0.4 is 0 Å². The van der Waals surface area contributed by atoms with Gasteiger partial charge in [0, 0.05) is 0 Å². The van der Waals surface area contributed by atoms with Crippen molar-refractivity contribution in [1.29, 1.82) is 0 Å². The summed E-state index contributed by atoms with van der Waals surface area (Å²) in [6.07, 6.45) is 3.76. The van der Waals surface area contributed by atoms with Gasteiger partial charge in [0.25, 0.3) is 0 Å². The van der Waals surface area contributed by atoms with Crippen LogP contribution in [0.5, 0.6) is 0 Å². The second-order valence-corrected chi connectivity index (χ2v) is 2.98. The van der Waals surface area contributed by atoms with Gasteiger partial charge in [0.05, 0.1) is 6.61 Å². The van der Waals surface area contributed by atoms with E-state index in [1.807, 2.05) is 0 Å². The molecule has 3 heteroatoms. The minimum absolute atomic E-state index is 0.359. The SMILES string of the molecule is C#CC(O)C1COC(C)(C)O1. The third-order valence-electron chi connectivity index (χ3n) is 1.55. The highest BCUT2D eigenvalue weighted by Crippen LogP contribution is 2.23. The molecule has 0 aromatic carbocycles. The summed E-state index contributed by atoms with van der Waals surface area (Å²) in [5, 5.41) is 9.15. The molecule has 1 aliphatic rings. The van der Waals surface area contributed by atoms with Crippen LogP contribution in [0.25, 0.3) is 0 Å². The van der Waals surface area contributed by atoms with Crippen LogP contribution in [0.15, 0.2) is 0 Å². The first kappa shape index (κ1) is 8.54. The van der Waals surface area contributed by atoms with Crippen molar-refractivity contribution in [2.75, 3.05) is 6.61 Å². The summed E-state index contributed by atoms with van der Waals surface area (Å²) in [4.78, 5) is 0. The van der Waals surface area contributed by atoms with Gasteiger partial charge in [0.2, 0.25) is 0 Å². The van der Waals surface area contributed by atoms with Crippen molar-refractivity contribution in [3.8, 4) is 12.3 Å². The van der Waals surface area contributed by atoms with Crippen LogP contribution in [0.1, 0.15) is 13.8 Å². The third kappa shape index (κ3) is 1.93. The van der Waals surface area contributed by atoms with Gasteiger partial charge in [-0.2, -0.15) is 0 Å². The lowest BCUT2D eigenvalue weighted by Crippen LogP contribution is -2.29. The Morgan fingerprint density at radius 3 is 2.73 bits per heavy atom. The van der Waals surface area contributed by atoms with Gasteiger partial charge in [0.15, 0.2) is 5.79 Å². The Bertz CT molecular complexity index is 180. The second-order valence-electron chi connectivity index (χ2n) is 2.98. The summed E-state index contributed by atoms with van der Waals surface area (Å²) in [6, 6.07) is 0. The number of aliphatic hydroxyl groups excluding tert-OH is 1. The lowest BCUT2D eigenvalue weighted by atomic mass is 10.2. The van der Waals surface area contributed by atoms with Crippen LogP contribution in [0.3, 0.4) is 0 Å². The van der Waals surface area contributed by atoms with Crippen molar-refractivity contribution in [2.45, 2.75) is 31.8 Å². The van der Waals surface area contributed by atoms with E-state index in [-0.39, 0.29) is 6.10 Å². The van der Waals surface area contributed by atoms with Crippen LogP contribution in [-0.2, 0) is 9.47 Å². The fraction of sp³-hybridized carbons (Fsp3) is 0.750. The summed E-state index contributed by atoms with van der Waals surface area (Å²) in [5.41, 5.74) is 0. The van der Waals surface area contributed by atoms with Crippen molar-refractivity contribution in [3.63, 3.8) is 0 Å². The standard InChI is InChI=1S/C8H12O3/c1-4-6(9)7-5-10-8(2,3)11-7/h1,6-7,9H,5H2,2-3H3. The molecule has 62 valence electrons. The summed E-state index contributed by atoms with van der Waals surface area (Å²) < 4.78 is 10.5. The molecule has 11 heavy (non-hydrogen) atoms. The lowest BCUT2D eigenvalue weighted by Gasteiger charge is -2.17. The molecule has 2 atom stereocenters. The Hall–Kier alpha value is -0.560. The highest BCUT2D eigenvalue weighted by atomic mass is 16.7. The fourth-order valence-corrected chi connectivity index (χ4v) is 0.978. The second kappa shape index (κ2) is 2.82. The molecule has 1 heterocycles. The van der Waals surface area contributed by atoms with Gasteiger partial charge >= 0.3 is 0 Å². The van der Waals surface area contributed by atoms with E-state index in [1.54, 1.807) is 13.8 Å². The van der Waals surface area contributed by atoms with E-state index >= 15 is 0 Å². The number of rotatable bonds is 1. The fourth-order valence-electron chi connectivity index (χ4n) is 0.978. The van der Waals surface area contributed by atoms with Crippen LogP contribution in [-0.4, -0.2) is 29.7 Å². The van der Waals surface area contributed by atoms with Crippen molar-refractivity contribution < 1.29 is 14.6 Å². The Labute approximate surface area is 66.3 Å². The average Bonchev–Trinajstić information content (AvgIpc) is 2.29. The predicted octanol–water partition coefficient (Wildman–Crippen LogP) is 0.132. The molecule has 2 unspecified atom stereocenters. The highest BCUT2D eigenvalue weighted by molar-refractivity contribution is 4.99. The van der Waals surface area contributed by atoms with Gasteiger partial charge in [-0.1, -0.05) is 5.92 Å². The normalized spacial score (nSPS) is 31.3. The molecule has 0 aromatic rings. The third-order valence-corrected chi connectivity index (χ3v) is 1.55. The molecule has 0 aliphatic carbocycles. The van der Waals surface area contributed by atoms with Crippen molar-refractivity contribution >= 4 is 0 Å². The number of aliphatic hydroxyl groups is 1. The minimum atomic E-state index is -0.864. The summed E-state index contributed by atoms with van der Waals surface area (Å²) in [7, 11) is 0. The zero-order chi connectivity index (χ0) is 8.48. The van der Waals surface area contributed by atoms with E-state index in [9.17, 15) is 0 Å². The summed E-state index contributed by atoms with van der Waals surface area (Å²) >= 11 is 0. The Balaban J connectivity index is 2.50. The predicted molar refractivity (Wildman–Crippen MR) is 39.7 cm³/mol. The minimum Gasteiger partial charge on any atom is -0.378 e. The average molecular weight is 156 g/mol. The summed E-state index contributed by atoms with van der Waals surface area (Å²) in [6.45, 7) is 3.94.